The number of hydrogen-bond donors (Lipinski definition) is 3. The van der Waals surface area contributed by atoms with Gasteiger partial charge in [-0.1, -0.05) is 0 Å². The first-order chi connectivity index (χ1) is 8.06. The lowest BCUT2D eigenvalue weighted by atomic mass is 10.2. The Bertz CT molecular complexity index is 449. The third-order valence-corrected chi connectivity index (χ3v) is 3.08. The number of amides is 1. The monoisotopic (exact) mass is 301 g/mol. The summed E-state index contributed by atoms with van der Waals surface area (Å²) in [5.74, 6) is -0.514. The van der Waals surface area contributed by atoms with Crippen LogP contribution in [-0.4, -0.2) is 18.5 Å². The summed E-state index contributed by atoms with van der Waals surface area (Å²) in [5.41, 5.74) is 6.53. The number of halogens is 2. The fourth-order valence-corrected chi connectivity index (χ4v) is 1.76. The molecule has 92 valence electrons. The van der Waals surface area contributed by atoms with Crippen molar-refractivity contribution in [3.63, 3.8) is 0 Å². The molecule has 0 saturated heterocycles. The van der Waals surface area contributed by atoms with E-state index in [2.05, 4.69) is 26.6 Å². The largest absolute Gasteiger partial charge is 0.397 e. The van der Waals surface area contributed by atoms with Gasteiger partial charge in [0, 0.05) is 12.1 Å². The molecule has 2 rings (SSSR count). The SMILES string of the molecule is Nc1cc(Br)c(F)cc1NCC(=O)NC1CC1. The second-order valence-corrected chi connectivity index (χ2v) is 4.90. The molecule has 1 aliphatic rings. The second-order valence-electron chi connectivity index (χ2n) is 4.05. The Kier molecular flexibility index (Phi) is 3.51. The highest BCUT2D eigenvalue weighted by molar-refractivity contribution is 9.10. The summed E-state index contributed by atoms with van der Waals surface area (Å²) in [6, 6.07) is 3.06. The average Bonchev–Trinajstić information content (AvgIpc) is 3.05. The fourth-order valence-electron chi connectivity index (χ4n) is 1.40. The molecule has 0 atom stereocenters. The van der Waals surface area contributed by atoms with Crippen LogP contribution in [0.1, 0.15) is 12.8 Å². The third-order valence-electron chi connectivity index (χ3n) is 2.47. The number of rotatable bonds is 4. The molecule has 4 N–H and O–H groups in total. The van der Waals surface area contributed by atoms with Crippen molar-refractivity contribution in [3.8, 4) is 0 Å². The number of nitrogen functional groups attached to an aromatic ring is 1. The topological polar surface area (TPSA) is 67.1 Å². The Morgan fingerprint density at radius 1 is 1.53 bits per heavy atom. The predicted octanol–water partition coefficient (Wildman–Crippen LogP) is 1.86. The number of hydrogen-bond acceptors (Lipinski definition) is 3. The minimum absolute atomic E-state index is 0.0990. The van der Waals surface area contributed by atoms with Gasteiger partial charge in [0.05, 0.1) is 22.4 Å². The van der Waals surface area contributed by atoms with Crippen LogP contribution in [0.4, 0.5) is 15.8 Å². The molecular weight excluding hydrogens is 289 g/mol. The molecule has 1 aliphatic carbocycles. The lowest BCUT2D eigenvalue weighted by Crippen LogP contribution is -2.31. The average molecular weight is 302 g/mol. The van der Waals surface area contributed by atoms with Gasteiger partial charge >= 0.3 is 0 Å². The molecule has 0 aromatic heterocycles. The highest BCUT2D eigenvalue weighted by Gasteiger charge is 2.22. The summed E-state index contributed by atoms with van der Waals surface area (Å²) in [5, 5.41) is 5.64. The first-order valence-electron chi connectivity index (χ1n) is 5.34. The third kappa shape index (κ3) is 3.33. The maximum atomic E-state index is 13.3. The lowest BCUT2D eigenvalue weighted by molar-refractivity contribution is -0.119. The van der Waals surface area contributed by atoms with Gasteiger partial charge in [0.2, 0.25) is 5.91 Å². The summed E-state index contributed by atoms with van der Waals surface area (Å²) in [6.07, 6.45) is 2.08. The van der Waals surface area contributed by atoms with E-state index in [9.17, 15) is 9.18 Å². The van der Waals surface area contributed by atoms with Crippen molar-refractivity contribution in [3.05, 3.63) is 22.4 Å². The van der Waals surface area contributed by atoms with E-state index in [-0.39, 0.29) is 12.5 Å². The summed E-state index contributed by atoms with van der Waals surface area (Å²) in [7, 11) is 0. The molecule has 1 saturated carbocycles. The van der Waals surface area contributed by atoms with E-state index in [1.807, 2.05) is 0 Å². The predicted molar refractivity (Wildman–Crippen MR) is 68.2 cm³/mol. The Labute approximate surface area is 107 Å². The summed E-state index contributed by atoms with van der Waals surface area (Å²) >= 11 is 3.04. The van der Waals surface area contributed by atoms with Crippen LogP contribution in [0.15, 0.2) is 16.6 Å². The molecule has 1 amide bonds. The van der Waals surface area contributed by atoms with Gasteiger partial charge in [-0.25, -0.2) is 4.39 Å². The molecular formula is C11H13BrFN3O. The van der Waals surface area contributed by atoms with Crippen LogP contribution in [0, 0.1) is 5.82 Å². The van der Waals surface area contributed by atoms with Gasteiger partial charge in [-0.05, 0) is 34.8 Å². The van der Waals surface area contributed by atoms with Crippen LogP contribution in [0.25, 0.3) is 0 Å². The molecule has 0 aliphatic heterocycles. The number of nitrogens with one attached hydrogen (secondary N) is 2. The number of carbonyl (C=O) groups excluding carboxylic acids is 1. The van der Waals surface area contributed by atoms with Crippen molar-refractivity contribution in [2.45, 2.75) is 18.9 Å². The van der Waals surface area contributed by atoms with Crippen LogP contribution < -0.4 is 16.4 Å². The molecule has 0 spiro atoms. The van der Waals surface area contributed by atoms with Gasteiger partial charge in [0.15, 0.2) is 0 Å². The highest BCUT2D eigenvalue weighted by Crippen LogP contribution is 2.26. The van der Waals surface area contributed by atoms with Crippen molar-refractivity contribution in [2.24, 2.45) is 0 Å². The van der Waals surface area contributed by atoms with Gasteiger partial charge < -0.3 is 16.4 Å². The second kappa shape index (κ2) is 4.91. The Morgan fingerprint density at radius 3 is 2.88 bits per heavy atom. The Balaban J connectivity index is 1.93. The minimum Gasteiger partial charge on any atom is -0.397 e. The van der Waals surface area contributed by atoms with Crippen LogP contribution in [0.2, 0.25) is 0 Å². The molecule has 1 fully saturated rings. The van der Waals surface area contributed by atoms with Gasteiger partial charge in [-0.3, -0.25) is 4.79 Å². The van der Waals surface area contributed by atoms with E-state index >= 15 is 0 Å². The van der Waals surface area contributed by atoms with E-state index in [1.165, 1.54) is 12.1 Å². The number of benzene rings is 1. The molecule has 17 heavy (non-hydrogen) atoms. The molecule has 0 radical (unpaired) electrons. The van der Waals surface area contributed by atoms with E-state index < -0.39 is 5.82 Å². The Morgan fingerprint density at radius 2 is 2.24 bits per heavy atom. The van der Waals surface area contributed by atoms with Gasteiger partial charge in [0.1, 0.15) is 5.82 Å². The van der Waals surface area contributed by atoms with Crippen molar-refractivity contribution in [2.75, 3.05) is 17.6 Å². The van der Waals surface area contributed by atoms with Crippen molar-refractivity contribution < 1.29 is 9.18 Å². The van der Waals surface area contributed by atoms with Gasteiger partial charge in [0.25, 0.3) is 0 Å². The molecule has 0 heterocycles. The zero-order valence-electron chi connectivity index (χ0n) is 9.09. The van der Waals surface area contributed by atoms with Crippen LogP contribution in [0.5, 0.6) is 0 Å². The van der Waals surface area contributed by atoms with Crippen molar-refractivity contribution >= 4 is 33.2 Å². The standard InChI is InChI=1S/C11H13BrFN3O/c12-7-3-9(14)10(4-8(7)13)15-5-11(17)16-6-1-2-6/h3-4,6,15H,1-2,5,14H2,(H,16,17). The van der Waals surface area contributed by atoms with E-state index in [0.29, 0.717) is 21.9 Å². The van der Waals surface area contributed by atoms with Crippen LogP contribution in [-0.2, 0) is 4.79 Å². The van der Waals surface area contributed by atoms with Crippen LogP contribution >= 0.6 is 15.9 Å². The lowest BCUT2D eigenvalue weighted by Gasteiger charge is -2.10. The molecule has 6 heteroatoms. The van der Waals surface area contributed by atoms with Gasteiger partial charge in [-0.15, -0.1) is 0 Å². The number of carbonyl (C=O) groups is 1. The molecule has 1 aromatic carbocycles. The minimum atomic E-state index is -0.413. The zero-order chi connectivity index (χ0) is 12.4. The fraction of sp³-hybridized carbons (Fsp3) is 0.364. The Hall–Kier alpha value is -1.30. The summed E-state index contributed by atoms with van der Waals surface area (Å²) < 4.78 is 13.6. The van der Waals surface area contributed by atoms with Crippen molar-refractivity contribution in [1.29, 1.82) is 0 Å². The zero-order valence-corrected chi connectivity index (χ0v) is 10.7. The summed E-state index contributed by atoms with van der Waals surface area (Å²) in [6.45, 7) is 0.0990. The molecule has 0 bridgehead atoms. The first kappa shape index (κ1) is 12.2. The maximum absolute atomic E-state index is 13.3. The van der Waals surface area contributed by atoms with E-state index in [0.717, 1.165) is 12.8 Å². The quantitative estimate of drug-likeness (QED) is 0.744. The molecule has 4 nitrogen and oxygen atoms in total. The normalized spacial score (nSPS) is 14.5. The smallest absolute Gasteiger partial charge is 0.239 e. The van der Waals surface area contributed by atoms with Crippen LogP contribution in [0.3, 0.4) is 0 Å². The number of anilines is 2. The maximum Gasteiger partial charge on any atom is 0.239 e. The molecule has 0 unspecified atom stereocenters. The van der Waals surface area contributed by atoms with Crippen molar-refractivity contribution in [1.82, 2.24) is 5.32 Å². The van der Waals surface area contributed by atoms with Gasteiger partial charge in [-0.2, -0.15) is 0 Å². The van der Waals surface area contributed by atoms with E-state index in [4.69, 9.17) is 5.73 Å². The molecule has 1 aromatic rings. The van der Waals surface area contributed by atoms with E-state index in [1.54, 1.807) is 0 Å². The summed E-state index contributed by atoms with van der Waals surface area (Å²) in [4.78, 5) is 11.4. The number of nitrogens with two attached hydrogens (primary N) is 1. The first-order valence-corrected chi connectivity index (χ1v) is 6.13. The highest BCUT2D eigenvalue weighted by atomic mass is 79.9.